The lowest BCUT2D eigenvalue weighted by molar-refractivity contribution is 0.110. The molecule has 1 aliphatic rings. The van der Waals surface area contributed by atoms with Gasteiger partial charge in [0.25, 0.3) is 0 Å². The summed E-state index contributed by atoms with van der Waals surface area (Å²) in [6, 6.07) is 7.98. The van der Waals surface area contributed by atoms with Gasteiger partial charge in [-0.3, -0.25) is 0 Å². The maximum Gasteiger partial charge on any atom is 0.101 e. The molecule has 0 radical (unpaired) electrons. The highest BCUT2D eigenvalue weighted by Gasteiger charge is 2.24. The van der Waals surface area contributed by atoms with Crippen molar-refractivity contribution >= 4 is 21.6 Å². The number of rotatable bonds is 2. The van der Waals surface area contributed by atoms with Crippen molar-refractivity contribution in [3.8, 4) is 6.07 Å². The largest absolute Gasteiger partial charge is 0.393 e. The Hall–Kier alpha value is -1.05. The quantitative estimate of drug-likeness (QED) is 0.914. The highest BCUT2D eigenvalue weighted by Crippen LogP contribution is 2.29. The summed E-state index contributed by atoms with van der Waals surface area (Å²) in [5.41, 5.74) is 1.71. The predicted octanol–water partition coefficient (Wildman–Crippen LogP) is 2.92. The fraction of sp³-hybridized carbons (Fsp3) is 0.500. The van der Waals surface area contributed by atoms with E-state index in [1.165, 1.54) is 0 Å². The van der Waals surface area contributed by atoms with Crippen LogP contribution in [0, 0.1) is 17.2 Å². The van der Waals surface area contributed by atoms with E-state index >= 15 is 0 Å². The second-order valence-corrected chi connectivity index (χ2v) is 5.75. The molecule has 1 saturated heterocycles. The van der Waals surface area contributed by atoms with Crippen LogP contribution in [-0.2, 0) is 0 Å². The third-order valence-electron chi connectivity index (χ3n) is 3.64. The van der Waals surface area contributed by atoms with Crippen molar-refractivity contribution in [3.63, 3.8) is 0 Å². The molecule has 0 amide bonds. The molecule has 1 unspecified atom stereocenters. The van der Waals surface area contributed by atoms with E-state index in [1.807, 2.05) is 25.1 Å². The standard InChI is InChI=1S/C14H17BrN2O/c1-10(18)11-4-6-17(7-5-11)14-8-13(15)3-2-12(14)9-16/h2-3,8,10-11,18H,4-7H2,1H3. The number of benzene rings is 1. The average molecular weight is 309 g/mol. The lowest BCUT2D eigenvalue weighted by Gasteiger charge is -2.35. The third kappa shape index (κ3) is 2.85. The predicted molar refractivity (Wildman–Crippen MR) is 75.5 cm³/mol. The van der Waals surface area contributed by atoms with Gasteiger partial charge < -0.3 is 10.0 Å². The number of hydrogen-bond donors (Lipinski definition) is 1. The van der Waals surface area contributed by atoms with E-state index in [0.29, 0.717) is 11.5 Å². The molecule has 1 N–H and O–H groups in total. The molecule has 0 spiro atoms. The molecule has 1 fully saturated rings. The average Bonchev–Trinajstić information content (AvgIpc) is 2.39. The first kappa shape index (κ1) is 13.4. The van der Waals surface area contributed by atoms with Gasteiger partial charge >= 0.3 is 0 Å². The molecule has 2 rings (SSSR count). The Balaban J connectivity index is 2.14. The van der Waals surface area contributed by atoms with Gasteiger partial charge in [0.05, 0.1) is 17.4 Å². The van der Waals surface area contributed by atoms with Gasteiger partial charge in [-0.1, -0.05) is 15.9 Å². The molecule has 0 saturated carbocycles. The van der Waals surface area contributed by atoms with Gasteiger partial charge in [-0.25, -0.2) is 0 Å². The van der Waals surface area contributed by atoms with E-state index in [9.17, 15) is 5.11 Å². The van der Waals surface area contributed by atoms with Crippen LogP contribution in [0.3, 0.4) is 0 Å². The van der Waals surface area contributed by atoms with E-state index in [0.717, 1.165) is 36.1 Å². The molecule has 18 heavy (non-hydrogen) atoms. The number of anilines is 1. The summed E-state index contributed by atoms with van der Waals surface area (Å²) in [7, 11) is 0. The van der Waals surface area contributed by atoms with Crippen molar-refractivity contribution < 1.29 is 5.11 Å². The summed E-state index contributed by atoms with van der Waals surface area (Å²) >= 11 is 3.45. The normalized spacial score (nSPS) is 18.4. The Bertz CT molecular complexity index is 459. The number of piperidine rings is 1. The van der Waals surface area contributed by atoms with E-state index in [4.69, 9.17) is 5.26 Å². The Kier molecular flexibility index (Phi) is 4.26. The molecule has 1 aromatic carbocycles. The third-order valence-corrected chi connectivity index (χ3v) is 4.14. The van der Waals surface area contributed by atoms with Crippen LogP contribution in [-0.4, -0.2) is 24.3 Å². The molecule has 0 aliphatic carbocycles. The SMILES string of the molecule is CC(O)C1CCN(c2cc(Br)ccc2C#N)CC1. The molecular weight excluding hydrogens is 292 g/mol. The van der Waals surface area contributed by atoms with Crippen molar-refractivity contribution in [3.05, 3.63) is 28.2 Å². The van der Waals surface area contributed by atoms with Crippen LogP contribution in [0.15, 0.2) is 22.7 Å². The Morgan fingerprint density at radius 1 is 1.44 bits per heavy atom. The molecule has 0 aromatic heterocycles. The number of aliphatic hydroxyl groups excluding tert-OH is 1. The zero-order valence-corrected chi connectivity index (χ0v) is 12.0. The molecule has 1 atom stereocenters. The molecule has 1 heterocycles. The summed E-state index contributed by atoms with van der Waals surface area (Å²) in [4.78, 5) is 2.24. The van der Waals surface area contributed by atoms with Crippen LogP contribution >= 0.6 is 15.9 Å². The number of hydrogen-bond acceptors (Lipinski definition) is 3. The van der Waals surface area contributed by atoms with Crippen LogP contribution in [0.2, 0.25) is 0 Å². The number of nitrogens with zero attached hydrogens (tertiary/aromatic N) is 2. The lowest BCUT2D eigenvalue weighted by Crippen LogP contribution is -2.37. The van der Waals surface area contributed by atoms with Crippen LogP contribution in [0.25, 0.3) is 0 Å². The van der Waals surface area contributed by atoms with Gasteiger partial charge in [0.15, 0.2) is 0 Å². The van der Waals surface area contributed by atoms with Crippen LogP contribution in [0.5, 0.6) is 0 Å². The summed E-state index contributed by atoms with van der Waals surface area (Å²) in [5, 5.41) is 18.7. The molecule has 96 valence electrons. The maximum atomic E-state index is 9.60. The zero-order chi connectivity index (χ0) is 13.1. The summed E-state index contributed by atoms with van der Waals surface area (Å²) in [6.45, 7) is 3.67. The minimum Gasteiger partial charge on any atom is -0.393 e. The van der Waals surface area contributed by atoms with Gasteiger partial charge in [-0.2, -0.15) is 5.26 Å². The van der Waals surface area contributed by atoms with E-state index < -0.39 is 0 Å². The van der Waals surface area contributed by atoms with Gasteiger partial charge in [-0.15, -0.1) is 0 Å². The number of halogens is 1. The molecule has 4 heteroatoms. The van der Waals surface area contributed by atoms with Gasteiger partial charge in [0, 0.05) is 17.6 Å². The smallest absolute Gasteiger partial charge is 0.101 e. The number of nitriles is 1. The fourth-order valence-corrected chi connectivity index (χ4v) is 2.83. The Labute approximate surface area is 116 Å². The second kappa shape index (κ2) is 5.73. The van der Waals surface area contributed by atoms with E-state index in [2.05, 4.69) is 26.9 Å². The second-order valence-electron chi connectivity index (χ2n) is 4.84. The van der Waals surface area contributed by atoms with E-state index in [1.54, 1.807) is 0 Å². The van der Waals surface area contributed by atoms with Crippen molar-refractivity contribution in [2.24, 2.45) is 5.92 Å². The molecular formula is C14H17BrN2O. The molecule has 3 nitrogen and oxygen atoms in total. The first-order valence-corrected chi connectivity index (χ1v) is 7.04. The van der Waals surface area contributed by atoms with Gasteiger partial charge in [-0.05, 0) is 43.9 Å². The summed E-state index contributed by atoms with van der Waals surface area (Å²) in [5.74, 6) is 0.388. The first-order chi connectivity index (χ1) is 8.61. The lowest BCUT2D eigenvalue weighted by atomic mass is 9.91. The van der Waals surface area contributed by atoms with Crippen molar-refractivity contribution in [1.82, 2.24) is 0 Å². The van der Waals surface area contributed by atoms with Crippen LogP contribution < -0.4 is 4.90 Å². The Morgan fingerprint density at radius 3 is 2.67 bits per heavy atom. The highest BCUT2D eigenvalue weighted by molar-refractivity contribution is 9.10. The minimum atomic E-state index is -0.231. The monoisotopic (exact) mass is 308 g/mol. The zero-order valence-electron chi connectivity index (χ0n) is 10.4. The van der Waals surface area contributed by atoms with Gasteiger partial charge in [0.1, 0.15) is 6.07 Å². The minimum absolute atomic E-state index is 0.231. The fourth-order valence-electron chi connectivity index (χ4n) is 2.48. The van der Waals surface area contributed by atoms with E-state index in [-0.39, 0.29) is 6.10 Å². The molecule has 1 aromatic rings. The topological polar surface area (TPSA) is 47.3 Å². The van der Waals surface area contributed by atoms with Crippen LogP contribution in [0.1, 0.15) is 25.3 Å². The molecule has 1 aliphatic heterocycles. The molecule has 0 bridgehead atoms. The highest BCUT2D eigenvalue weighted by atomic mass is 79.9. The number of aliphatic hydroxyl groups is 1. The summed E-state index contributed by atoms with van der Waals surface area (Å²) < 4.78 is 0.995. The summed E-state index contributed by atoms with van der Waals surface area (Å²) in [6.07, 6.45) is 1.73. The first-order valence-electron chi connectivity index (χ1n) is 6.24. The van der Waals surface area contributed by atoms with Gasteiger partial charge in [0.2, 0.25) is 0 Å². The van der Waals surface area contributed by atoms with Crippen LogP contribution in [0.4, 0.5) is 5.69 Å². The van der Waals surface area contributed by atoms with Crippen molar-refractivity contribution in [1.29, 1.82) is 5.26 Å². The van der Waals surface area contributed by atoms with Crippen molar-refractivity contribution in [2.45, 2.75) is 25.9 Å². The maximum absolute atomic E-state index is 9.60. The van der Waals surface area contributed by atoms with Crippen molar-refractivity contribution in [2.75, 3.05) is 18.0 Å². The Morgan fingerprint density at radius 2 is 2.11 bits per heavy atom.